The number of carbonyl (C=O) groups excluding carboxylic acids is 1. The summed E-state index contributed by atoms with van der Waals surface area (Å²) in [5.41, 5.74) is 1.10. The van der Waals surface area contributed by atoms with Crippen LogP contribution in [-0.2, 0) is 4.79 Å². The first-order valence-corrected chi connectivity index (χ1v) is 8.14. The molecule has 108 valence electrons. The lowest BCUT2D eigenvalue weighted by molar-refractivity contribution is -0.123. The maximum absolute atomic E-state index is 12.2. The molecule has 3 rings (SSSR count). The van der Waals surface area contributed by atoms with Gasteiger partial charge in [0.15, 0.2) is 0 Å². The topological polar surface area (TPSA) is 61.4 Å². The van der Waals surface area contributed by atoms with Gasteiger partial charge in [0.05, 0.1) is 18.2 Å². The number of benzene rings is 1. The first-order chi connectivity index (χ1) is 9.63. The molecule has 1 fully saturated rings. The van der Waals surface area contributed by atoms with E-state index in [0.717, 1.165) is 17.7 Å². The molecule has 3 N–H and O–H groups in total. The number of hydrogen-bond donors (Lipinski definition) is 3. The summed E-state index contributed by atoms with van der Waals surface area (Å²) in [7, 11) is 0. The molecule has 1 aromatic rings. The predicted molar refractivity (Wildman–Crippen MR) is 80.1 cm³/mol. The Hall–Kier alpha value is -0.750. The van der Waals surface area contributed by atoms with Crippen molar-refractivity contribution in [1.82, 2.24) is 10.6 Å². The van der Waals surface area contributed by atoms with Crippen molar-refractivity contribution in [2.45, 2.75) is 35.9 Å². The number of halogens is 1. The summed E-state index contributed by atoms with van der Waals surface area (Å²) in [6.07, 6.45) is 0.962. The Morgan fingerprint density at radius 3 is 3.10 bits per heavy atom. The van der Waals surface area contributed by atoms with E-state index in [0.29, 0.717) is 18.0 Å². The normalized spacial score (nSPS) is 29.0. The highest BCUT2D eigenvalue weighted by Crippen LogP contribution is 2.37. The van der Waals surface area contributed by atoms with Gasteiger partial charge in [0.1, 0.15) is 0 Å². The molecular weight excluding hydrogens is 296 g/mol. The lowest BCUT2D eigenvalue weighted by Gasteiger charge is -2.27. The van der Waals surface area contributed by atoms with Crippen LogP contribution in [-0.4, -0.2) is 35.5 Å². The fraction of sp³-hybridized carbons (Fsp3) is 0.500. The summed E-state index contributed by atoms with van der Waals surface area (Å²) in [4.78, 5) is 13.4. The molecule has 2 heterocycles. The van der Waals surface area contributed by atoms with Crippen LogP contribution in [0.2, 0.25) is 5.02 Å². The van der Waals surface area contributed by atoms with Crippen molar-refractivity contribution >= 4 is 29.3 Å². The van der Waals surface area contributed by atoms with Crippen LogP contribution in [0.15, 0.2) is 23.1 Å². The van der Waals surface area contributed by atoms with E-state index in [1.54, 1.807) is 11.8 Å². The average Bonchev–Trinajstić information content (AvgIpc) is 2.86. The molecule has 1 saturated heterocycles. The van der Waals surface area contributed by atoms with E-state index in [1.807, 2.05) is 18.2 Å². The van der Waals surface area contributed by atoms with Crippen molar-refractivity contribution in [3.8, 4) is 0 Å². The van der Waals surface area contributed by atoms with Crippen LogP contribution in [0.5, 0.6) is 0 Å². The zero-order chi connectivity index (χ0) is 14.1. The molecule has 1 amide bonds. The molecule has 20 heavy (non-hydrogen) atoms. The van der Waals surface area contributed by atoms with Crippen molar-refractivity contribution in [2.75, 3.05) is 12.3 Å². The highest BCUT2D eigenvalue weighted by molar-refractivity contribution is 7.99. The van der Waals surface area contributed by atoms with Gasteiger partial charge < -0.3 is 15.7 Å². The van der Waals surface area contributed by atoms with Crippen LogP contribution in [0, 0.1) is 0 Å². The molecule has 0 radical (unpaired) electrons. The Morgan fingerprint density at radius 1 is 1.50 bits per heavy atom. The third kappa shape index (κ3) is 2.96. The van der Waals surface area contributed by atoms with Crippen molar-refractivity contribution in [3.05, 3.63) is 28.8 Å². The smallest absolute Gasteiger partial charge is 0.237 e. The summed E-state index contributed by atoms with van der Waals surface area (Å²) in [6.45, 7) is 0.487. The molecule has 6 heteroatoms. The lowest BCUT2D eigenvalue weighted by Crippen LogP contribution is -2.42. The fourth-order valence-electron chi connectivity index (χ4n) is 2.70. The zero-order valence-corrected chi connectivity index (χ0v) is 12.5. The van der Waals surface area contributed by atoms with Gasteiger partial charge >= 0.3 is 0 Å². The largest absolute Gasteiger partial charge is 0.392 e. The number of aliphatic hydroxyl groups is 1. The maximum atomic E-state index is 12.2. The SMILES string of the molecule is O=C(N[C@@H]1CCSc2ccc(Cl)cc21)[C@H]1C[C@@H](O)CN1. The van der Waals surface area contributed by atoms with E-state index < -0.39 is 6.10 Å². The van der Waals surface area contributed by atoms with E-state index >= 15 is 0 Å². The lowest BCUT2D eigenvalue weighted by atomic mass is 10.0. The van der Waals surface area contributed by atoms with Crippen LogP contribution >= 0.6 is 23.4 Å². The second-order valence-corrected chi connectivity index (χ2v) is 6.80. The van der Waals surface area contributed by atoms with E-state index in [-0.39, 0.29) is 18.0 Å². The van der Waals surface area contributed by atoms with Gasteiger partial charge in [-0.3, -0.25) is 4.79 Å². The van der Waals surface area contributed by atoms with Gasteiger partial charge in [-0.15, -0.1) is 11.8 Å². The Morgan fingerprint density at radius 2 is 2.35 bits per heavy atom. The van der Waals surface area contributed by atoms with Crippen molar-refractivity contribution in [2.24, 2.45) is 0 Å². The molecule has 0 unspecified atom stereocenters. The quantitative estimate of drug-likeness (QED) is 0.778. The minimum Gasteiger partial charge on any atom is -0.392 e. The third-order valence-electron chi connectivity index (χ3n) is 3.75. The molecule has 4 nitrogen and oxygen atoms in total. The molecule has 0 spiro atoms. The van der Waals surface area contributed by atoms with Gasteiger partial charge in [-0.1, -0.05) is 11.6 Å². The van der Waals surface area contributed by atoms with Gasteiger partial charge in [-0.25, -0.2) is 0 Å². The Kier molecular flexibility index (Phi) is 4.21. The van der Waals surface area contributed by atoms with Crippen LogP contribution in [0.25, 0.3) is 0 Å². The second kappa shape index (κ2) is 5.93. The highest BCUT2D eigenvalue weighted by atomic mass is 35.5. The summed E-state index contributed by atoms with van der Waals surface area (Å²) in [6, 6.07) is 5.55. The monoisotopic (exact) mass is 312 g/mol. The van der Waals surface area contributed by atoms with Crippen LogP contribution in [0.4, 0.5) is 0 Å². The molecule has 0 saturated carbocycles. The number of amides is 1. The Labute approximate surface area is 127 Å². The van der Waals surface area contributed by atoms with Gasteiger partial charge in [-0.05, 0) is 36.6 Å². The first-order valence-electron chi connectivity index (χ1n) is 6.77. The van der Waals surface area contributed by atoms with Gasteiger partial charge in [-0.2, -0.15) is 0 Å². The Bertz CT molecular complexity index is 526. The third-order valence-corrected chi connectivity index (χ3v) is 5.11. The highest BCUT2D eigenvalue weighted by Gasteiger charge is 2.30. The standard InChI is InChI=1S/C14H17ClN2O2S/c15-8-1-2-13-10(5-8)11(3-4-20-13)17-14(19)12-6-9(18)7-16-12/h1-2,5,9,11-12,16,18H,3-4,6-7H2,(H,17,19)/t9-,11-,12-/m1/s1. The number of nitrogens with one attached hydrogen (secondary N) is 2. The number of rotatable bonds is 2. The molecular formula is C14H17ClN2O2S. The van der Waals surface area contributed by atoms with Crippen LogP contribution in [0.3, 0.4) is 0 Å². The number of fused-ring (bicyclic) bond motifs is 1. The zero-order valence-electron chi connectivity index (χ0n) is 10.9. The number of β-amino-alcohol motifs (C(OH)–C–C–N with tert-alkyl or cyclic N) is 1. The first kappa shape index (κ1) is 14.2. The predicted octanol–water partition coefficient (Wildman–Crippen LogP) is 1.72. The summed E-state index contributed by atoms with van der Waals surface area (Å²) >= 11 is 7.85. The molecule has 2 aliphatic heterocycles. The Balaban J connectivity index is 1.73. The van der Waals surface area contributed by atoms with E-state index in [2.05, 4.69) is 10.6 Å². The second-order valence-electron chi connectivity index (χ2n) is 5.23. The van der Waals surface area contributed by atoms with Crippen LogP contribution in [0.1, 0.15) is 24.4 Å². The molecule has 3 atom stereocenters. The minimum atomic E-state index is -0.422. The minimum absolute atomic E-state index is 0.0111. The van der Waals surface area contributed by atoms with E-state index in [4.69, 9.17) is 11.6 Å². The van der Waals surface area contributed by atoms with E-state index in [1.165, 1.54) is 4.90 Å². The van der Waals surface area contributed by atoms with Crippen molar-refractivity contribution in [1.29, 1.82) is 0 Å². The molecule has 1 aromatic carbocycles. The number of thioether (sulfide) groups is 1. The van der Waals surface area contributed by atoms with Gasteiger partial charge in [0, 0.05) is 22.2 Å². The molecule has 2 aliphatic rings. The molecule has 0 aromatic heterocycles. The van der Waals surface area contributed by atoms with Crippen molar-refractivity contribution < 1.29 is 9.90 Å². The average molecular weight is 313 g/mol. The van der Waals surface area contributed by atoms with E-state index in [9.17, 15) is 9.90 Å². The van der Waals surface area contributed by atoms with Crippen molar-refractivity contribution in [3.63, 3.8) is 0 Å². The number of carbonyl (C=O) groups is 1. The number of aliphatic hydroxyl groups excluding tert-OH is 1. The fourth-order valence-corrected chi connectivity index (χ4v) is 3.99. The maximum Gasteiger partial charge on any atom is 0.237 e. The van der Waals surface area contributed by atoms with Gasteiger partial charge in [0.2, 0.25) is 5.91 Å². The van der Waals surface area contributed by atoms with Gasteiger partial charge in [0.25, 0.3) is 0 Å². The number of hydrogen-bond acceptors (Lipinski definition) is 4. The van der Waals surface area contributed by atoms with Crippen LogP contribution < -0.4 is 10.6 Å². The summed E-state index contributed by atoms with van der Waals surface area (Å²) < 4.78 is 0. The summed E-state index contributed by atoms with van der Waals surface area (Å²) in [5, 5.41) is 16.3. The molecule has 0 aliphatic carbocycles. The summed E-state index contributed by atoms with van der Waals surface area (Å²) in [5.74, 6) is 0.949. The molecule has 0 bridgehead atoms.